The molecule has 4 rings (SSSR count). The van der Waals surface area contributed by atoms with Gasteiger partial charge in [-0.3, -0.25) is 10.1 Å². The molecule has 1 fully saturated rings. The molecule has 28 heavy (non-hydrogen) atoms. The standard InChI is InChI=1S/C20H20N6O2/c1-14-18(26(27)28)13-22-20(23-14)25-11-8-16(9-12-25)19-21-10-7-17(24-19)15-5-3-2-4-6-15/h2-7,10,13,16H,8-9,11-12H2,1H3. The van der Waals surface area contributed by atoms with Crippen molar-refractivity contribution >= 4 is 11.6 Å². The van der Waals surface area contributed by atoms with Crippen molar-refractivity contribution in [2.45, 2.75) is 25.7 Å². The van der Waals surface area contributed by atoms with Gasteiger partial charge in [0.2, 0.25) is 5.95 Å². The lowest BCUT2D eigenvalue weighted by Gasteiger charge is -2.31. The molecule has 3 aromatic rings. The van der Waals surface area contributed by atoms with Gasteiger partial charge in [-0.05, 0) is 25.8 Å². The summed E-state index contributed by atoms with van der Waals surface area (Å²) in [6.07, 6.45) is 4.88. The Bertz CT molecular complexity index is 987. The lowest BCUT2D eigenvalue weighted by atomic mass is 9.96. The normalized spacial score (nSPS) is 14.8. The summed E-state index contributed by atoms with van der Waals surface area (Å²) in [6, 6.07) is 12.0. The van der Waals surface area contributed by atoms with Crippen LogP contribution in [-0.2, 0) is 0 Å². The molecule has 8 nitrogen and oxygen atoms in total. The zero-order valence-electron chi connectivity index (χ0n) is 15.5. The van der Waals surface area contributed by atoms with Crippen molar-refractivity contribution in [3.8, 4) is 11.3 Å². The minimum Gasteiger partial charge on any atom is -0.341 e. The molecular weight excluding hydrogens is 356 g/mol. The number of nitrogens with zero attached hydrogens (tertiary/aromatic N) is 6. The number of benzene rings is 1. The van der Waals surface area contributed by atoms with Gasteiger partial charge in [-0.25, -0.2) is 19.9 Å². The maximum absolute atomic E-state index is 10.9. The van der Waals surface area contributed by atoms with Gasteiger partial charge in [-0.15, -0.1) is 0 Å². The van der Waals surface area contributed by atoms with E-state index < -0.39 is 4.92 Å². The number of rotatable bonds is 4. The van der Waals surface area contributed by atoms with Gasteiger partial charge in [0.1, 0.15) is 17.7 Å². The molecule has 1 aliphatic heterocycles. The Kier molecular flexibility index (Phi) is 4.92. The van der Waals surface area contributed by atoms with Gasteiger partial charge in [-0.1, -0.05) is 30.3 Å². The molecule has 0 unspecified atom stereocenters. The Morgan fingerprint density at radius 1 is 1.07 bits per heavy atom. The zero-order chi connectivity index (χ0) is 19.5. The highest BCUT2D eigenvalue weighted by Gasteiger charge is 2.25. The van der Waals surface area contributed by atoms with E-state index in [1.54, 1.807) is 6.92 Å². The second kappa shape index (κ2) is 7.67. The van der Waals surface area contributed by atoms with Crippen LogP contribution in [0.4, 0.5) is 11.6 Å². The van der Waals surface area contributed by atoms with Crippen LogP contribution >= 0.6 is 0 Å². The first-order valence-corrected chi connectivity index (χ1v) is 9.23. The number of aryl methyl sites for hydroxylation is 1. The predicted molar refractivity (Wildman–Crippen MR) is 105 cm³/mol. The highest BCUT2D eigenvalue weighted by Crippen LogP contribution is 2.29. The van der Waals surface area contributed by atoms with Gasteiger partial charge >= 0.3 is 5.69 Å². The maximum Gasteiger partial charge on any atom is 0.308 e. The third-order valence-electron chi connectivity index (χ3n) is 5.02. The van der Waals surface area contributed by atoms with Gasteiger partial charge in [0.15, 0.2) is 0 Å². The highest BCUT2D eigenvalue weighted by molar-refractivity contribution is 5.58. The fourth-order valence-corrected chi connectivity index (χ4v) is 3.46. The molecule has 0 amide bonds. The van der Waals surface area contributed by atoms with Crippen molar-refractivity contribution in [3.05, 3.63) is 70.4 Å². The van der Waals surface area contributed by atoms with Crippen LogP contribution < -0.4 is 4.90 Å². The van der Waals surface area contributed by atoms with Crippen molar-refractivity contribution < 1.29 is 4.92 Å². The van der Waals surface area contributed by atoms with E-state index in [1.807, 2.05) is 42.6 Å². The first-order chi connectivity index (χ1) is 13.6. The highest BCUT2D eigenvalue weighted by atomic mass is 16.6. The average Bonchev–Trinajstić information content (AvgIpc) is 2.74. The third kappa shape index (κ3) is 3.66. The number of hydrogen-bond acceptors (Lipinski definition) is 7. The quantitative estimate of drug-likeness (QED) is 0.507. The summed E-state index contributed by atoms with van der Waals surface area (Å²) in [4.78, 5) is 30.3. The van der Waals surface area contributed by atoms with Crippen molar-refractivity contribution in [2.75, 3.05) is 18.0 Å². The molecule has 2 aromatic heterocycles. The van der Waals surface area contributed by atoms with E-state index >= 15 is 0 Å². The van der Waals surface area contributed by atoms with E-state index in [0.717, 1.165) is 43.0 Å². The largest absolute Gasteiger partial charge is 0.341 e. The van der Waals surface area contributed by atoms with Gasteiger partial charge in [-0.2, -0.15) is 0 Å². The number of aromatic nitrogens is 4. The summed E-state index contributed by atoms with van der Waals surface area (Å²) in [5, 5.41) is 10.9. The van der Waals surface area contributed by atoms with Crippen LogP contribution in [0.2, 0.25) is 0 Å². The van der Waals surface area contributed by atoms with Crippen LogP contribution in [0.25, 0.3) is 11.3 Å². The molecule has 142 valence electrons. The maximum atomic E-state index is 10.9. The minimum atomic E-state index is -0.456. The Labute approximate surface area is 162 Å². The van der Waals surface area contributed by atoms with Crippen molar-refractivity contribution in [1.82, 2.24) is 19.9 Å². The van der Waals surface area contributed by atoms with Crippen molar-refractivity contribution in [1.29, 1.82) is 0 Å². The molecule has 0 radical (unpaired) electrons. The summed E-state index contributed by atoms with van der Waals surface area (Å²) >= 11 is 0. The van der Waals surface area contributed by atoms with Gasteiger partial charge in [0.25, 0.3) is 0 Å². The Hall–Kier alpha value is -3.42. The lowest BCUT2D eigenvalue weighted by molar-refractivity contribution is -0.386. The second-order valence-corrected chi connectivity index (χ2v) is 6.83. The predicted octanol–water partition coefficient (Wildman–Crippen LogP) is 3.53. The van der Waals surface area contributed by atoms with E-state index in [-0.39, 0.29) is 11.6 Å². The minimum absolute atomic E-state index is 0.0511. The van der Waals surface area contributed by atoms with E-state index in [0.29, 0.717) is 11.6 Å². The fourth-order valence-electron chi connectivity index (χ4n) is 3.46. The Morgan fingerprint density at radius 2 is 1.82 bits per heavy atom. The van der Waals surface area contributed by atoms with Gasteiger partial charge in [0, 0.05) is 30.8 Å². The average molecular weight is 376 g/mol. The monoisotopic (exact) mass is 376 g/mol. The molecule has 8 heteroatoms. The van der Waals surface area contributed by atoms with E-state index in [1.165, 1.54) is 6.20 Å². The first-order valence-electron chi connectivity index (χ1n) is 9.23. The number of nitro groups is 1. The van der Waals surface area contributed by atoms with Gasteiger partial charge < -0.3 is 4.90 Å². The summed E-state index contributed by atoms with van der Waals surface area (Å²) < 4.78 is 0. The van der Waals surface area contributed by atoms with Gasteiger partial charge in [0.05, 0.1) is 10.6 Å². The van der Waals surface area contributed by atoms with Crippen LogP contribution in [0, 0.1) is 17.0 Å². The Balaban J connectivity index is 1.46. The molecule has 1 saturated heterocycles. The topological polar surface area (TPSA) is 97.9 Å². The van der Waals surface area contributed by atoms with Crippen LogP contribution in [0.1, 0.15) is 30.3 Å². The van der Waals surface area contributed by atoms with Crippen LogP contribution in [-0.4, -0.2) is 37.9 Å². The zero-order valence-corrected chi connectivity index (χ0v) is 15.5. The molecule has 0 bridgehead atoms. The molecule has 0 N–H and O–H groups in total. The van der Waals surface area contributed by atoms with Crippen LogP contribution in [0.15, 0.2) is 48.8 Å². The van der Waals surface area contributed by atoms with Crippen molar-refractivity contribution in [2.24, 2.45) is 0 Å². The van der Waals surface area contributed by atoms with Crippen LogP contribution in [0.3, 0.4) is 0 Å². The molecule has 0 saturated carbocycles. The summed E-state index contributed by atoms with van der Waals surface area (Å²) in [6.45, 7) is 3.17. The van der Waals surface area contributed by atoms with Crippen molar-refractivity contribution in [3.63, 3.8) is 0 Å². The SMILES string of the molecule is Cc1nc(N2CCC(c3nccc(-c4ccccc4)n3)CC2)ncc1[N+](=O)[O-]. The Morgan fingerprint density at radius 3 is 2.50 bits per heavy atom. The molecule has 0 aliphatic carbocycles. The number of anilines is 1. The second-order valence-electron chi connectivity index (χ2n) is 6.83. The molecule has 0 spiro atoms. The van der Waals surface area contributed by atoms with E-state index in [4.69, 9.17) is 4.98 Å². The molecule has 1 aromatic carbocycles. The first kappa shape index (κ1) is 18.0. The smallest absolute Gasteiger partial charge is 0.308 e. The summed E-state index contributed by atoms with van der Waals surface area (Å²) in [5.41, 5.74) is 2.35. The fraction of sp³-hybridized carbons (Fsp3) is 0.300. The lowest BCUT2D eigenvalue weighted by Crippen LogP contribution is -2.34. The number of hydrogen-bond donors (Lipinski definition) is 0. The molecule has 0 atom stereocenters. The molecule has 3 heterocycles. The third-order valence-corrected chi connectivity index (χ3v) is 5.02. The summed E-state index contributed by atoms with van der Waals surface area (Å²) in [5.74, 6) is 1.68. The summed E-state index contributed by atoms with van der Waals surface area (Å²) in [7, 11) is 0. The van der Waals surface area contributed by atoms with E-state index in [2.05, 4.69) is 19.9 Å². The molecule has 1 aliphatic rings. The van der Waals surface area contributed by atoms with E-state index in [9.17, 15) is 10.1 Å². The number of piperidine rings is 1. The molecular formula is C20H20N6O2. The van der Waals surface area contributed by atoms with Crippen LogP contribution in [0.5, 0.6) is 0 Å².